The molecule has 0 amide bonds. The van der Waals surface area contributed by atoms with Gasteiger partial charge in [-0.3, -0.25) is 4.90 Å². The van der Waals surface area contributed by atoms with Gasteiger partial charge in [-0.15, -0.1) is 0 Å². The van der Waals surface area contributed by atoms with Crippen LogP contribution < -0.4 is 9.47 Å². The summed E-state index contributed by atoms with van der Waals surface area (Å²) in [6.07, 6.45) is 0.943. The topological polar surface area (TPSA) is 51.2 Å². The van der Waals surface area contributed by atoms with Crippen LogP contribution in [0, 0.1) is 0 Å². The number of phenols is 1. The lowest BCUT2D eigenvalue weighted by Crippen LogP contribution is -2.44. The van der Waals surface area contributed by atoms with Crippen molar-refractivity contribution in [2.45, 2.75) is 25.5 Å². The molecular formula is C19H27NO4S. The van der Waals surface area contributed by atoms with Crippen molar-refractivity contribution in [3.05, 3.63) is 40.1 Å². The Morgan fingerprint density at radius 3 is 2.24 bits per heavy atom. The van der Waals surface area contributed by atoms with Gasteiger partial charge in [-0.1, -0.05) is 6.92 Å². The van der Waals surface area contributed by atoms with Crippen LogP contribution in [0.1, 0.15) is 24.5 Å². The lowest BCUT2D eigenvalue weighted by molar-refractivity contribution is 0.00217. The average molecular weight is 365 g/mol. The molecule has 0 fully saturated rings. The maximum absolute atomic E-state index is 10.0. The van der Waals surface area contributed by atoms with Crippen molar-refractivity contribution in [2.24, 2.45) is 0 Å². The third kappa shape index (κ3) is 4.08. The Morgan fingerprint density at radius 2 is 1.80 bits per heavy atom. The van der Waals surface area contributed by atoms with Crippen LogP contribution in [-0.4, -0.2) is 44.9 Å². The molecule has 0 spiro atoms. The Bertz CT molecular complexity index is 647. The van der Waals surface area contributed by atoms with Crippen molar-refractivity contribution in [1.29, 1.82) is 0 Å². The third-order valence-corrected chi connectivity index (χ3v) is 5.33. The molecule has 0 aliphatic heterocycles. The summed E-state index contributed by atoms with van der Waals surface area (Å²) in [7, 11) is 7.20. The molecule has 0 saturated carbocycles. The summed E-state index contributed by atoms with van der Waals surface area (Å²) >= 11 is 1.70. The minimum atomic E-state index is -0.162. The molecule has 1 unspecified atom stereocenters. The molecule has 1 aromatic carbocycles. The summed E-state index contributed by atoms with van der Waals surface area (Å²) < 4.78 is 16.5. The predicted molar refractivity (Wildman–Crippen MR) is 101 cm³/mol. The number of hydrogen-bond donors (Lipinski definition) is 1. The van der Waals surface area contributed by atoms with E-state index in [9.17, 15) is 5.11 Å². The first-order valence-electron chi connectivity index (χ1n) is 8.20. The van der Waals surface area contributed by atoms with Crippen LogP contribution in [0.15, 0.2) is 29.0 Å². The SMILES string of the molecule is CCC(COCc1cc(OC)c(O)c(OC)c1)(c1ccsc1)N(C)C. The van der Waals surface area contributed by atoms with E-state index in [0.29, 0.717) is 24.7 Å². The van der Waals surface area contributed by atoms with E-state index in [-0.39, 0.29) is 11.3 Å². The van der Waals surface area contributed by atoms with Crippen LogP contribution in [-0.2, 0) is 16.9 Å². The maximum Gasteiger partial charge on any atom is 0.200 e. The van der Waals surface area contributed by atoms with Gasteiger partial charge in [0.25, 0.3) is 0 Å². The molecule has 1 atom stereocenters. The molecule has 0 bridgehead atoms. The van der Waals surface area contributed by atoms with Crippen LogP contribution in [0.3, 0.4) is 0 Å². The molecular weight excluding hydrogens is 338 g/mol. The summed E-state index contributed by atoms with van der Waals surface area (Å²) in [5.74, 6) is 0.763. The van der Waals surface area contributed by atoms with Crippen LogP contribution in [0.4, 0.5) is 0 Å². The highest BCUT2D eigenvalue weighted by atomic mass is 32.1. The second kappa shape index (κ2) is 8.56. The first-order chi connectivity index (χ1) is 12.0. The summed E-state index contributed by atoms with van der Waals surface area (Å²) in [5.41, 5.74) is 2.00. The van der Waals surface area contributed by atoms with Crippen molar-refractivity contribution >= 4 is 11.3 Å². The van der Waals surface area contributed by atoms with E-state index in [1.807, 2.05) is 0 Å². The van der Waals surface area contributed by atoms with Crippen molar-refractivity contribution in [2.75, 3.05) is 34.9 Å². The Morgan fingerprint density at radius 1 is 1.16 bits per heavy atom. The van der Waals surface area contributed by atoms with Gasteiger partial charge < -0.3 is 19.3 Å². The smallest absolute Gasteiger partial charge is 0.200 e. The van der Waals surface area contributed by atoms with Gasteiger partial charge in [-0.2, -0.15) is 11.3 Å². The van der Waals surface area contributed by atoms with Gasteiger partial charge in [0.2, 0.25) is 5.75 Å². The Hall–Kier alpha value is -1.76. The van der Waals surface area contributed by atoms with Crippen LogP contribution in [0.5, 0.6) is 17.2 Å². The number of ether oxygens (including phenoxy) is 3. The van der Waals surface area contributed by atoms with Crippen LogP contribution in [0.2, 0.25) is 0 Å². The number of methoxy groups -OCH3 is 2. The Labute approximate surface area is 153 Å². The molecule has 5 nitrogen and oxygen atoms in total. The number of benzene rings is 1. The molecule has 1 aromatic heterocycles. The number of phenolic OH excluding ortho intramolecular Hbond substituents is 1. The Balaban J connectivity index is 2.15. The highest BCUT2D eigenvalue weighted by Crippen LogP contribution is 2.38. The monoisotopic (exact) mass is 365 g/mol. The summed E-state index contributed by atoms with van der Waals surface area (Å²) in [4.78, 5) is 2.22. The number of nitrogens with zero attached hydrogens (tertiary/aromatic N) is 1. The van der Waals surface area contributed by atoms with Gasteiger partial charge in [-0.25, -0.2) is 0 Å². The molecule has 25 heavy (non-hydrogen) atoms. The van der Waals surface area contributed by atoms with Gasteiger partial charge in [0, 0.05) is 0 Å². The standard InChI is InChI=1S/C19H27NO4S/c1-6-19(20(2)3,15-7-8-25-12-15)13-24-11-14-9-16(22-4)18(21)17(10-14)23-5/h7-10,12,21H,6,11,13H2,1-5H3. The van der Waals surface area contributed by atoms with Crippen molar-refractivity contribution in [3.8, 4) is 17.2 Å². The molecule has 1 heterocycles. The third-order valence-electron chi connectivity index (χ3n) is 4.65. The van der Waals surface area contributed by atoms with Crippen molar-refractivity contribution in [3.63, 3.8) is 0 Å². The van der Waals surface area contributed by atoms with E-state index >= 15 is 0 Å². The fraction of sp³-hybridized carbons (Fsp3) is 0.474. The van der Waals surface area contributed by atoms with E-state index in [0.717, 1.165) is 12.0 Å². The van der Waals surface area contributed by atoms with Gasteiger partial charge >= 0.3 is 0 Å². The fourth-order valence-electron chi connectivity index (χ4n) is 2.99. The second-order valence-corrected chi connectivity index (χ2v) is 6.91. The zero-order valence-electron chi connectivity index (χ0n) is 15.5. The fourth-order valence-corrected chi connectivity index (χ4v) is 3.74. The highest BCUT2D eigenvalue weighted by molar-refractivity contribution is 7.08. The molecule has 0 radical (unpaired) electrons. The number of hydrogen-bond acceptors (Lipinski definition) is 6. The summed E-state index contributed by atoms with van der Waals surface area (Å²) in [5, 5.41) is 14.3. The molecule has 0 saturated heterocycles. The zero-order chi connectivity index (χ0) is 18.4. The summed E-state index contributed by atoms with van der Waals surface area (Å²) in [6, 6.07) is 5.70. The van der Waals surface area contributed by atoms with E-state index in [1.54, 1.807) is 23.5 Å². The maximum atomic E-state index is 10.0. The lowest BCUT2D eigenvalue weighted by Gasteiger charge is -2.39. The van der Waals surface area contributed by atoms with E-state index in [2.05, 4.69) is 42.7 Å². The first-order valence-corrected chi connectivity index (χ1v) is 9.14. The highest BCUT2D eigenvalue weighted by Gasteiger charge is 2.33. The molecule has 138 valence electrons. The molecule has 0 aliphatic carbocycles. The minimum absolute atomic E-state index is 0.00298. The van der Waals surface area contributed by atoms with Gasteiger partial charge in [0.15, 0.2) is 11.5 Å². The number of thiophene rings is 1. The second-order valence-electron chi connectivity index (χ2n) is 6.13. The van der Waals surface area contributed by atoms with Crippen LogP contribution in [0.25, 0.3) is 0 Å². The average Bonchev–Trinajstić information content (AvgIpc) is 3.14. The number of aromatic hydroxyl groups is 1. The van der Waals surface area contributed by atoms with Crippen molar-refractivity contribution in [1.82, 2.24) is 4.90 Å². The normalized spacial score (nSPS) is 13.7. The first kappa shape index (κ1) is 19.6. The quantitative estimate of drug-likeness (QED) is 0.731. The van der Waals surface area contributed by atoms with Gasteiger partial charge in [0.1, 0.15) is 0 Å². The molecule has 2 aromatic rings. The molecule has 1 N–H and O–H groups in total. The van der Waals surface area contributed by atoms with Gasteiger partial charge in [-0.05, 0) is 60.6 Å². The summed E-state index contributed by atoms with van der Waals surface area (Å²) in [6.45, 7) is 3.15. The molecule has 6 heteroatoms. The van der Waals surface area contributed by atoms with E-state index in [4.69, 9.17) is 14.2 Å². The van der Waals surface area contributed by atoms with Crippen LogP contribution >= 0.6 is 11.3 Å². The largest absolute Gasteiger partial charge is 0.502 e. The van der Waals surface area contributed by atoms with E-state index < -0.39 is 0 Å². The predicted octanol–water partition coefficient (Wildman–Crippen LogP) is 3.85. The number of rotatable bonds is 9. The molecule has 0 aliphatic rings. The van der Waals surface area contributed by atoms with Gasteiger partial charge in [0.05, 0.1) is 33.0 Å². The minimum Gasteiger partial charge on any atom is -0.502 e. The lowest BCUT2D eigenvalue weighted by atomic mass is 9.89. The molecule has 2 rings (SSSR count). The number of likely N-dealkylation sites (N-methyl/N-ethyl adjacent to an activating group) is 1. The van der Waals surface area contributed by atoms with Crippen molar-refractivity contribution < 1.29 is 19.3 Å². The zero-order valence-corrected chi connectivity index (χ0v) is 16.4. The Kier molecular flexibility index (Phi) is 6.70. The van der Waals surface area contributed by atoms with E-state index in [1.165, 1.54) is 19.8 Å².